The van der Waals surface area contributed by atoms with E-state index < -0.39 is 0 Å². The second-order valence-corrected chi connectivity index (χ2v) is 7.23. The molecule has 1 saturated carbocycles. The van der Waals surface area contributed by atoms with Crippen LogP contribution in [0.3, 0.4) is 0 Å². The fourth-order valence-corrected chi connectivity index (χ4v) is 2.99. The minimum absolute atomic E-state index is 0.0484. The summed E-state index contributed by atoms with van der Waals surface area (Å²) in [5.41, 5.74) is 4.10. The van der Waals surface area contributed by atoms with E-state index in [0.717, 1.165) is 29.5 Å². The Bertz CT molecular complexity index is 843. The van der Waals surface area contributed by atoms with Gasteiger partial charge in [0.15, 0.2) is 6.61 Å². The molecule has 2 aromatic rings. The van der Waals surface area contributed by atoms with Crippen LogP contribution >= 0.6 is 0 Å². The van der Waals surface area contributed by atoms with Crippen LogP contribution in [0.15, 0.2) is 42.5 Å². The van der Waals surface area contributed by atoms with Crippen molar-refractivity contribution in [2.24, 2.45) is 5.92 Å². The number of carbonyl (C=O) groups excluding carboxylic acids is 2. The van der Waals surface area contributed by atoms with Crippen LogP contribution in [0.25, 0.3) is 0 Å². The predicted molar refractivity (Wildman–Crippen MR) is 106 cm³/mol. The van der Waals surface area contributed by atoms with Gasteiger partial charge in [-0.05, 0) is 56.9 Å². The summed E-state index contributed by atoms with van der Waals surface area (Å²) in [4.78, 5) is 24.1. The zero-order chi connectivity index (χ0) is 19.4. The second-order valence-electron chi connectivity index (χ2n) is 7.23. The van der Waals surface area contributed by atoms with E-state index in [9.17, 15) is 9.59 Å². The van der Waals surface area contributed by atoms with Crippen molar-refractivity contribution in [3.63, 3.8) is 0 Å². The number of hydrogen-bond donors (Lipinski definition) is 2. The number of amides is 2. The number of ether oxygens (including phenoxy) is 1. The maximum absolute atomic E-state index is 12.3. The van der Waals surface area contributed by atoms with Crippen molar-refractivity contribution in [3.05, 3.63) is 59.2 Å². The molecule has 2 N–H and O–H groups in total. The molecule has 0 radical (unpaired) electrons. The fourth-order valence-electron chi connectivity index (χ4n) is 2.99. The third-order valence-corrected chi connectivity index (χ3v) is 4.70. The Hall–Kier alpha value is -2.82. The molecule has 1 fully saturated rings. The van der Waals surface area contributed by atoms with E-state index in [1.807, 2.05) is 26.8 Å². The molecule has 2 aromatic carbocycles. The molecule has 0 heterocycles. The lowest BCUT2D eigenvalue weighted by Gasteiger charge is -2.17. The Labute approximate surface area is 160 Å². The highest BCUT2D eigenvalue weighted by Crippen LogP contribution is 2.30. The molecule has 0 aliphatic heterocycles. The average Bonchev–Trinajstić information content (AvgIpc) is 3.47. The standard InChI is InChI=1S/C22H26N2O3/c1-14-7-8-15(2)20(11-14)16(3)23-21(25)13-27-19-6-4-5-18(12-19)24-22(26)17-9-10-17/h4-8,11-12,16-17H,9-10,13H2,1-3H3,(H,23,25)(H,24,26)/t16-/m1/s1. The van der Waals surface area contributed by atoms with E-state index in [1.54, 1.807) is 18.2 Å². The molecule has 5 nitrogen and oxygen atoms in total. The van der Waals surface area contributed by atoms with Crippen molar-refractivity contribution >= 4 is 17.5 Å². The molecular weight excluding hydrogens is 340 g/mol. The Morgan fingerprint density at radius 1 is 1.15 bits per heavy atom. The summed E-state index contributed by atoms with van der Waals surface area (Å²) in [5, 5.41) is 5.85. The van der Waals surface area contributed by atoms with Gasteiger partial charge in [-0.1, -0.05) is 29.8 Å². The van der Waals surface area contributed by atoms with Gasteiger partial charge in [-0.3, -0.25) is 9.59 Å². The Morgan fingerprint density at radius 3 is 2.67 bits per heavy atom. The van der Waals surface area contributed by atoms with Crippen LogP contribution in [0.4, 0.5) is 5.69 Å². The lowest BCUT2D eigenvalue weighted by Crippen LogP contribution is -2.31. The molecule has 1 aliphatic rings. The van der Waals surface area contributed by atoms with Crippen LogP contribution in [-0.2, 0) is 9.59 Å². The van der Waals surface area contributed by atoms with Crippen molar-refractivity contribution in [2.75, 3.05) is 11.9 Å². The first kappa shape index (κ1) is 19.0. The van der Waals surface area contributed by atoms with Crippen LogP contribution in [0.5, 0.6) is 5.75 Å². The highest BCUT2D eigenvalue weighted by atomic mass is 16.5. The number of carbonyl (C=O) groups is 2. The Morgan fingerprint density at radius 2 is 1.93 bits per heavy atom. The van der Waals surface area contributed by atoms with Crippen LogP contribution in [0.2, 0.25) is 0 Å². The summed E-state index contributed by atoms with van der Waals surface area (Å²) in [6.45, 7) is 5.97. The molecule has 27 heavy (non-hydrogen) atoms. The van der Waals surface area contributed by atoms with E-state index in [4.69, 9.17) is 4.74 Å². The summed E-state index contributed by atoms with van der Waals surface area (Å²) in [6.07, 6.45) is 1.92. The quantitative estimate of drug-likeness (QED) is 0.781. The third kappa shape index (κ3) is 5.33. The Kier molecular flexibility index (Phi) is 5.79. The van der Waals surface area contributed by atoms with Crippen molar-refractivity contribution in [1.29, 1.82) is 0 Å². The van der Waals surface area contributed by atoms with Gasteiger partial charge in [0.2, 0.25) is 5.91 Å². The number of benzene rings is 2. The lowest BCUT2D eigenvalue weighted by molar-refractivity contribution is -0.123. The number of anilines is 1. The first-order valence-corrected chi connectivity index (χ1v) is 9.32. The topological polar surface area (TPSA) is 67.4 Å². The maximum atomic E-state index is 12.3. The van der Waals surface area contributed by atoms with Crippen molar-refractivity contribution in [3.8, 4) is 5.75 Å². The van der Waals surface area contributed by atoms with E-state index in [2.05, 4.69) is 28.8 Å². The van der Waals surface area contributed by atoms with Gasteiger partial charge in [-0.15, -0.1) is 0 Å². The number of aryl methyl sites for hydroxylation is 2. The first-order valence-electron chi connectivity index (χ1n) is 9.32. The zero-order valence-corrected chi connectivity index (χ0v) is 16.0. The average molecular weight is 366 g/mol. The monoisotopic (exact) mass is 366 g/mol. The Balaban J connectivity index is 1.52. The molecule has 0 aromatic heterocycles. The predicted octanol–water partition coefficient (Wildman–Crippen LogP) is 3.91. The second kappa shape index (κ2) is 8.25. The van der Waals surface area contributed by atoms with Gasteiger partial charge >= 0.3 is 0 Å². The van der Waals surface area contributed by atoms with Gasteiger partial charge in [0.1, 0.15) is 5.75 Å². The zero-order valence-electron chi connectivity index (χ0n) is 16.0. The normalized spacial score (nSPS) is 14.3. The molecule has 3 rings (SSSR count). The van der Waals surface area contributed by atoms with Crippen LogP contribution in [0.1, 0.15) is 42.5 Å². The molecule has 0 unspecified atom stereocenters. The minimum Gasteiger partial charge on any atom is -0.484 e. The van der Waals surface area contributed by atoms with E-state index in [0.29, 0.717) is 11.4 Å². The van der Waals surface area contributed by atoms with Gasteiger partial charge < -0.3 is 15.4 Å². The number of hydrogen-bond acceptors (Lipinski definition) is 3. The summed E-state index contributed by atoms with van der Waals surface area (Å²) < 4.78 is 5.59. The molecule has 0 spiro atoms. The largest absolute Gasteiger partial charge is 0.484 e. The van der Waals surface area contributed by atoms with Crippen molar-refractivity contribution in [1.82, 2.24) is 5.32 Å². The summed E-state index contributed by atoms with van der Waals surface area (Å²) >= 11 is 0. The molecule has 1 aliphatic carbocycles. The van der Waals surface area contributed by atoms with Crippen molar-refractivity contribution in [2.45, 2.75) is 39.7 Å². The molecule has 5 heteroatoms. The summed E-state index contributed by atoms with van der Waals surface area (Å²) in [6, 6.07) is 13.2. The minimum atomic E-state index is -0.184. The summed E-state index contributed by atoms with van der Waals surface area (Å²) in [5.74, 6) is 0.563. The third-order valence-electron chi connectivity index (χ3n) is 4.70. The molecular formula is C22H26N2O3. The van der Waals surface area contributed by atoms with Crippen LogP contribution in [0, 0.1) is 19.8 Å². The first-order chi connectivity index (χ1) is 12.9. The van der Waals surface area contributed by atoms with Crippen LogP contribution in [-0.4, -0.2) is 18.4 Å². The van der Waals surface area contributed by atoms with Gasteiger partial charge in [-0.2, -0.15) is 0 Å². The number of rotatable bonds is 7. The molecule has 1 atom stereocenters. The molecule has 2 amide bonds. The van der Waals surface area contributed by atoms with Crippen molar-refractivity contribution < 1.29 is 14.3 Å². The van der Waals surface area contributed by atoms with E-state index >= 15 is 0 Å². The maximum Gasteiger partial charge on any atom is 0.258 e. The highest BCUT2D eigenvalue weighted by molar-refractivity contribution is 5.94. The van der Waals surface area contributed by atoms with Gasteiger partial charge in [0.05, 0.1) is 6.04 Å². The van der Waals surface area contributed by atoms with E-state index in [-0.39, 0.29) is 30.4 Å². The SMILES string of the molecule is Cc1ccc(C)c([C@@H](C)NC(=O)COc2cccc(NC(=O)C3CC3)c2)c1. The molecule has 142 valence electrons. The molecule has 0 saturated heterocycles. The van der Waals surface area contributed by atoms with Gasteiger partial charge in [0, 0.05) is 17.7 Å². The van der Waals surface area contributed by atoms with E-state index in [1.165, 1.54) is 0 Å². The fraction of sp³-hybridized carbons (Fsp3) is 0.364. The smallest absolute Gasteiger partial charge is 0.258 e. The number of nitrogens with one attached hydrogen (secondary N) is 2. The van der Waals surface area contributed by atoms with Crippen LogP contribution < -0.4 is 15.4 Å². The lowest BCUT2D eigenvalue weighted by atomic mass is 10.00. The highest BCUT2D eigenvalue weighted by Gasteiger charge is 2.29. The molecule has 0 bridgehead atoms. The van der Waals surface area contributed by atoms with Gasteiger partial charge in [-0.25, -0.2) is 0 Å². The van der Waals surface area contributed by atoms with Gasteiger partial charge in [0.25, 0.3) is 5.91 Å². The summed E-state index contributed by atoms with van der Waals surface area (Å²) in [7, 11) is 0.